The van der Waals surface area contributed by atoms with Gasteiger partial charge < -0.3 is 4.90 Å². The summed E-state index contributed by atoms with van der Waals surface area (Å²) in [6.45, 7) is 13.5. The van der Waals surface area contributed by atoms with E-state index in [9.17, 15) is 0 Å². The third kappa shape index (κ3) is 1.99. The molecule has 0 bridgehead atoms. The van der Waals surface area contributed by atoms with Gasteiger partial charge in [-0.1, -0.05) is 37.6 Å². The number of fused-ring (bicyclic) bond motifs is 1. The maximum absolute atomic E-state index is 2.43. The summed E-state index contributed by atoms with van der Waals surface area (Å²) in [6, 6.07) is 7.31. The Morgan fingerprint density at radius 3 is 2.35 bits per heavy atom. The van der Waals surface area contributed by atoms with Crippen LogP contribution < -0.4 is 4.90 Å². The summed E-state index contributed by atoms with van der Waals surface area (Å²) in [5, 5.41) is 0. The fourth-order valence-electron chi connectivity index (χ4n) is 2.92. The van der Waals surface area contributed by atoms with Gasteiger partial charge in [-0.25, -0.2) is 0 Å². The molecule has 0 amide bonds. The van der Waals surface area contributed by atoms with E-state index in [4.69, 9.17) is 0 Å². The van der Waals surface area contributed by atoms with Gasteiger partial charge in [0, 0.05) is 22.8 Å². The molecule has 1 heterocycles. The Labute approximate surface area is 105 Å². The van der Waals surface area contributed by atoms with Gasteiger partial charge in [0.1, 0.15) is 0 Å². The molecule has 0 N–H and O–H groups in total. The zero-order valence-electron chi connectivity index (χ0n) is 11.8. The van der Waals surface area contributed by atoms with Crippen LogP contribution in [0.25, 0.3) is 0 Å². The Kier molecular flexibility index (Phi) is 2.81. The smallest absolute Gasteiger partial charge is 0.0451 e. The van der Waals surface area contributed by atoms with Crippen LogP contribution in [0, 0.1) is 6.92 Å². The van der Waals surface area contributed by atoms with Crippen LogP contribution in [0.3, 0.4) is 0 Å². The molecule has 0 atom stereocenters. The normalized spacial score (nSPS) is 18.1. The average Bonchev–Trinajstić information content (AvgIpc) is 2.17. The van der Waals surface area contributed by atoms with Crippen LogP contribution in [0.4, 0.5) is 5.69 Å². The minimum absolute atomic E-state index is 0.136. The first kappa shape index (κ1) is 12.2. The highest BCUT2D eigenvalue weighted by Gasteiger charge is 2.30. The fourth-order valence-corrected chi connectivity index (χ4v) is 2.92. The predicted octanol–water partition coefficient (Wildman–Crippen LogP) is 4.40. The Balaban J connectivity index is 2.65. The number of rotatable bonds is 1. The highest BCUT2D eigenvalue weighted by molar-refractivity contribution is 5.66. The van der Waals surface area contributed by atoms with Crippen molar-refractivity contribution in [3.63, 3.8) is 0 Å². The van der Waals surface area contributed by atoms with E-state index in [-0.39, 0.29) is 5.41 Å². The monoisotopic (exact) mass is 229 g/mol. The van der Waals surface area contributed by atoms with Gasteiger partial charge in [-0.05, 0) is 39.3 Å². The first-order chi connectivity index (χ1) is 7.83. The third-order valence-electron chi connectivity index (χ3n) is 3.57. The summed E-state index contributed by atoms with van der Waals surface area (Å²) in [4.78, 5) is 2.43. The molecule has 0 saturated heterocycles. The Bertz CT molecular complexity index is 466. The van der Waals surface area contributed by atoms with Gasteiger partial charge in [-0.15, -0.1) is 0 Å². The van der Waals surface area contributed by atoms with Crippen LogP contribution in [-0.2, 0) is 5.41 Å². The Morgan fingerprint density at radius 1 is 1.12 bits per heavy atom. The lowest BCUT2D eigenvalue weighted by Gasteiger charge is -2.41. The standard InChI is InChI=1S/C16H23N/c1-11(2)17-13(4)10-16(5,6)14-9-12(3)7-8-15(14)17/h7-11H,1-6H3. The van der Waals surface area contributed by atoms with Gasteiger partial charge >= 0.3 is 0 Å². The van der Waals surface area contributed by atoms with E-state index in [1.165, 1.54) is 22.5 Å². The van der Waals surface area contributed by atoms with Gasteiger partial charge in [0.05, 0.1) is 0 Å². The summed E-state index contributed by atoms with van der Waals surface area (Å²) >= 11 is 0. The minimum Gasteiger partial charge on any atom is -0.343 e. The zero-order valence-corrected chi connectivity index (χ0v) is 11.8. The average molecular weight is 229 g/mol. The first-order valence-corrected chi connectivity index (χ1v) is 6.43. The molecular weight excluding hydrogens is 206 g/mol. The molecular formula is C16H23N. The van der Waals surface area contributed by atoms with Crippen molar-refractivity contribution in [2.75, 3.05) is 4.90 Å². The van der Waals surface area contributed by atoms with E-state index in [1.807, 2.05) is 0 Å². The van der Waals surface area contributed by atoms with Gasteiger partial charge in [0.2, 0.25) is 0 Å². The van der Waals surface area contributed by atoms with E-state index < -0.39 is 0 Å². The lowest BCUT2D eigenvalue weighted by atomic mass is 9.79. The van der Waals surface area contributed by atoms with Gasteiger partial charge in [-0.3, -0.25) is 0 Å². The molecule has 0 unspecified atom stereocenters. The first-order valence-electron chi connectivity index (χ1n) is 6.43. The molecule has 1 aliphatic rings. The molecule has 0 saturated carbocycles. The molecule has 1 nitrogen and oxygen atoms in total. The van der Waals surface area contributed by atoms with Crippen LogP contribution in [0.1, 0.15) is 45.7 Å². The van der Waals surface area contributed by atoms with Crippen LogP contribution in [0.5, 0.6) is 0 Å². The molecule has 1 aromatic rings. The molecule has 1 heteroatoms. The fraction of sp³-hybridized carbons (Fsp3) is 0.500. The maximum atomic E-state index is 2.43. The van der Waals surface area contributed by atoms with E-state index in [0.29, 0.717) is 6.04 Å². The number of anilines is 1. The number of aryl methyl sites for hydroxylation is 1. The Morgan fingerprint density at radius 2 is 1.76 bits per heavy atom. The van der Waals surface area contributed by atoms with Crippen LogP contribution >= 0.6 is 0 Å². The Hall–Kier alpha value is -1.24. The lowest BCUT2D eigenvalue weighted by Crippen LogP contribution is -2.36. The molecule has 0 aliphatic carbocycles. The van der Waals surface area contributed by atoms with E-state index in [2.05, 4.69) is 70.7 Å². The van der Waals surface area contributed by atoms with Crippen molar-refractivity contribution >= 4 is 5.69 Å². The number of benzene rings is 1. The highest BCUT2D eigenvalue weighted by Crippen LogP contribution is 2.41. The molecule has 2 rings (SSSR count). The third-order valence-corrected chi connectivity index (χ3v) is 3.57. The highest BCUT2D eigenvalue weighted by atomic mass is 15.2. The van der Waals surface area contributed by atoms with E-state index in [0.717, 1.165) is 0 Å². The quantitative estimate of drug-likeness (QED) is 0.689. The van der Waals surface area contributed by atoms with Gasteiger partial charge in [-0.2, -0.15) is 0 Å². The largest absolute Gasteiger partial charge is 0.343 e. The molecule has 0 spiro atoms. The molecule has 92 valence electrons. The van der Waals surface area contributed by atoms with Crippen molar-refractivity contribution in [2.45, 2.75) is 53.0 Å². The number of hydrogen-bond acceptors (Lipinski definition) is 1. The summed E-state index contributed by atoms with van der Waals surface area (Å²) in [6.07, 6.45) is 2.38. The second-order valence-corrected chi connectivity index (χ2v) is 5.99. The van der Waals surface area contributed by atoms with Gasteiger partial charge in [0.25, 0.3) is 0 Å². The summed E-state index contributed by atoms with van der Waals surface area (Å²) in [5.41, 5.74) is 5.65. The van der Waals surface area contributed by atoms with Crippen molar-refractivity contribution in [1.29, 1.82) is 0 Å². The van der Waals surface area contributed by atoms with E-state index in [1.54, 1.807) is 0 Å². The maximum Gasteiger partial charge on any atom is 0.0451 e. The number of allylic oxidation sites excluding steroid dienone is 2. The van der Waals surface area contributed by atoms with Crippen LogP contribution in [0.2, 0.25) is 0 Å². The van der Waals surface area contributed by atoms with Crippen LogP contribution in [-0.4, -0.2) is 6.04 Å². The van der Waals surface area contributed by atoms with Gasteiger partial charge in [0.15, 0.2) is 0 Å². The molecule has 0 radical (unpaired) electrons. The lowest BCUT2D eigenvalue weighted by molar-refractivity contribution is 0.620. The molecule has 17 heavy (non-hydrogen) atoms. The van der Waals surface area contributed by atoms with Crippen molar-refractivity contribution in [3.8, 4) is 0 Å². The molecule has 0 fully saturated rings. The summed E-state index contributed by atoms with van der Waals surface area (Å²) in [7, 11) is 0. The predicted molar refractivity (Wildman–Crippen MR) is 75.6 cm³/mol. The van der Waals surface area contributed by atoms with Crippen molar-refractivity contribution in [3.05, 3.63) is 41.1 Å². The topological polar surface area (TPSA) is 3.24 Å². The van der Waals surface area contributed by atoms with E-state index >= 15 is 0 Å². The zero-order chi connectivity index (χ0) is 12.8. The number of hydrogen-bond donors (Lipinski definition) is 0. The minimum atomic E-state index is 0.136. The molecule has 1 aliphatic heterocycles. The number of nitrogens with zero attached hydrogens (tertiary/aromatic N) is 1. The molecule has 1 aromatic carbocycles. The second kappa shape index (κ2) is 3.90. The summed E-state index contributed by atoms with van der Waals surface area (Å²) in [5.74, 6) is 0. The summed E-state index contributed by atoms with van der Waals surface area (Å²) < 4.78 is 0. The SMILES string of the molecule is CC1=CC(C)(C)c2cc(C)ccc2N1C(C)C. The molecule has 0 aromatic heterocycles. The van der Waals surface area contributed by atoms with Crippen molar-refractivity contribution in [2.24, 2.45) is 0 Å². The second-order valence-electron chi connectivity index (χ2n) is 5.99. The van der Waals surface area contributed by atoms with Crippen molar-refractivity contribution in [1.82, 2.24) is 0 Å². The van der Waals surface area contributed by atoms with Crippen molar-refractivity contribution < 1.29 is 0 Å². The van der Waals surface area contributed by atoms with Crippen LogP contribution in [0.15, 0.2) is 30.0 Å².